The zero-order valence-corrected chi connectivity index (χ0v) is 16.2. The van der Waals surface area contributed by atoms with Crippen molar-refractivity contribution in [1.29, 1.82) is 0 Å². The topological polar surface area (TPSA) is 62.5 Å². The summed E-state index contributed by atoms with van der Waals surface area (Å²) in [5.74, 6) is 1.15. The zero-order valence-electron chi connectivity index (χ0n) is 16.2. The van der Waals surface area contributed by atoms with Gasteiger partial charge in [0.25, 0.3) is 0 Å². The van der Waals surface area contributed by atoms with Crippen molar-refractivity contribution in [2.24, 2.45) is 4.99 Å². The molecule has 1 aromatic heterocycles. The van der Waals surface area contributed by atoms with Crippen LogP contribution in [0.3, 0.4) is 0 Å². The van der Waals surface area contributed by atoms with Crippen LogP contribution in [0, 0.1) is 12.7 Å². The number of rotatable bonds is 7. The van der Waals surface area contributed by atoms with Gasteiger partial charge in [-0.05, 0) is 43.2 Å². The van der Waals surface area contributed by atoms with E-state index in [9.17, 15) is 4.39 Å². The third-order valence-corrected chi connectivity index (χ3v) is 4.37. The average molecular weight is 380 g/mol. The van der Waals surface area contributed by atoms with Crippen LogP contribution >= 0.6 is 0 Å². The number of hydrogen-bond acceptors (Lipinski definition) is 3. The van der Waals surface area contributed by atoms with Crippen molar-refractivity contribution in [2.45, 2.75) is 19.8 Å². The lowest BCUT2D eigenvalue weighted by molar-refractivity contribution is 0.572. The van der Waals surface area contributed by atoms with Gasteiger partial charge in [0.15, 0.2) is 5.96 Å². The molecule has 0 unspecified atom stereocenters. The second kappa shape index (κ2) is 9.69. The fourth-order valence-corrected chi connectivity index (χ4v) is 2.76. The first kappa shape index (κ1) is 19.6. The maximum Gasteiger partial charge on any atom is 0.226 e. The largest absolute Gasteiger partial charge is 0.444 e. The molecule has 5 nitrogen and oxygen atoms in total. The highest BCUT2D eigenvalue weighted by Gasteiger charge is 2.07. The lowest BCUT2D eigenvalue weighted by Gasteiger charge is -2.11. The van der Waals surface area contributed by atoms with Crippen molar-refractivity contribution in [2.75, 3.05) is 20.1 Å². The summed E-state index contributed by atoms with van der Waals surface area (Å²) in [6.07, 6.45) is 3.22. The molecule has 0 atom stereocenters. The van der Waals surface area contributed by atoms with Gasteiger partial charge in [-0.25, -0.2) is 9.37 Å². The van der Waals surface area contributed by atoms with Gasteiger partial charge in [0.2, 0.25) is 5.89 Å². The Morgan fingerprint density at radius 1 is 1.00 bits per heavy atom. The standard InChI is InChI=1S/C22H25FN4O/c1-16-3-7-18(8-4-16)21-27-20(15-28-21)12-14-26-22(24-2)25-13-11-17-5-9-19(23)10-6-17/h3-10,15H,11-14H2,1-2H3,(H2,24,25,26). The quantitative estimate of drug-likeness (QED) is 0.484. The third kappa shape index (κ3) is 5.67. The minimum Gasteiger partial charge on any atom is -0.444 e. The normalized spacial score (nSPS) is 11.5. The minimum atomic E-state index is -0.215. The van der Waals surface area contributed by atoms with Crippen LogP contribution in [0.25, 0.3) is 11.5 Å². The fourth-order valence-electron chi connectivity index (χ4n) is 2.76. The van der Waals surface area contributed by atoms with E-state index < -0.39 is 0 Å². The number of hydrogen-bond donors (Lipinski definition) is 2. The van der Waals surface area contributed by atoms with Crippen LogP contribution in [0.4, 0.5) is 4.39 Å². The lowest BCUT2D eigenvalue weighted by Crippen LogP contribution is -2.39. The Morgan fingerprint density at radius 3 is 2.36 bits per heavy atom. The van der Waals surface area contributed by atoms with Crippen LogP contribution in [0.15, 0.2) is 64.2 Å². The zero-order chi connectivity index (χ0) is 19.8. The first-order valence-electron chi connectivity index (χ1n) is 9.34. The molecule has 1 heterocycles. The van der Waals surface area contributed by atoms with Gasteiger partial charge in [-0.2, -0.15) is 0 Å². The van der Waals surface area contributed by atoms with E-state index in [4.69, 9.17) is 4.42 Å². The van der Waals surface area contributed by atoms with Gasteiger partial charge in [0, 0.05) is 32.1 Å². The highest BCUT2D eigenvalue weighted by Crippen LogP contribution is 2.19. The van der Waals surface area contributed by atoms with Gasteiger partial charge >= 0.3 is 0 Å². The lowest BCUT2D eigenvalue weighted by atomic mass is 10.1. The molecular formula is C22H25FN4O. The Kier molecular flexibility index (Phi) is 6.78. The number of oxazole rings is 1. The molecule has 0 aliphatic heterocycles. The Morgan fingerprint density at radius 2 is 1.68 bits per heavy atom. The molecule has 0 radical (unpaired) electrons. The van der Waals surface area contributed by atoms with Gasteiger partial charge in [-0.15, -0.1) is 0 Å². The summed E-state index contributed by atoms with van der Waals surface area (Å²) in [4.78, 5) is 8.76. The highest BCUT2D eigenvalue weighted by molar-refractivity contribution is 5.79. The molecule has 0 aliphatic rings. The number of aliphatic imine (C=N–C) groups is 1. The molecule has 2 aromatic carbocycles. The molecule has 0 bridgehead atoms. The van der Waals surface area contributed by atoms with Crippen molar-refractivity contribution in [3.8, 4) is 11.5 Å². The Hall–Kier alpha value is -3.15. The van der Waals surface area contributed by atoms with Crippen molar-refractivity contribution < 1.29 is 8.81 Å². The fraction of sp³-hybridized carbons (Fsp3) is 0.273. The van der Waals surface area contributed by atoms with Crippen LogP contribution in [-0.2, 0) is 12.8 Å². The van der Waals surface area contributed by atoms with Crippen molar-refractivity contribution in [3.05, 3.63) is 77.4 Å². The molecule has 6 heteroatoms. The Balaban J connectivity index is 1.42. The van der Waals surface area contributed by atoms with Gasteiger partial charge in [-0.1, -0.05) is 29.8 Å². The molecule has 0 saturated heterocycles. The summed E-state index contributed by atoms with van der Waals surface area (Å²) in [5, 5.41) is 6.52. The van der Waals surface area contributed by atoms with Crippen LogP contribution in [0.2, 0.25) is 0 Å². The summed E-state index contributed by atoms with van der Waals surface area (Å²) in [5.41, 5.74) is 4.15. The number of halogens is 1. The van der Waals surface area contributed by atoms with E-state index >= 15 is 0 Å². The van der Waals surface area contributed by atoms with Crippen LogP contribution in [0.1, 0.15) is 16.8 Å². The summed E-state index contributed by atoms with van der Waals surface area (Å²) < 4.78 is 18.5. The number of aryl methyl sites for hydroxylation is 1. The summed E-state index contributed by atoms with van der Waals surface area (Å²) in [7, 11) is 1.73. The van der Waals surface area contributed by atoms with E-state index in [2.05, 4.69) is 27.5 Å². The molecule has 0 spiro atoms. The molecule has 0 amide bonds. The van der Waals surface area contributed by atoms with Gasteiger partial charge in [0.1, 0.15) is 12.1 Å². The number of nitrogens with zero attached hydrogens (tertiary/aromatic N) is 2. The van der Waals surface area contributed by atoms with Crippen molar-refractivity contribution >= 4 is 5.96 Å². The van der Waals surface area contributed by atoms with E-state index in [-0.39, 0.29) is 5.82 Å². The smallest absolute Gasteiger partial charge is 0.226 e. The second-order valence-corrected chi connectivity index (χ2v) is 6.56. The van der Waals surface area contributed by atoms with Crippen molar-refractivity contribution in [1.82, 2.24) is 15.6 Å². The molecule has 0 fully saturated rings. The molecular weight excluding hydrogens is 355 g/mol. The molecule has 28 heavy (non-hydrogen) atoms. The van der Waals surface area contributed by atoms with Gasteiger partial charge < -0.3 is 15.1 Å². The monoisotopic (exact) mass is 380 g/mol. The maximum absolute atomic E-state index is 12.9. The predicted octanol–water partition coefficient (Wildman–Crippen LogP) is 3.74. The van der Waals surface area contributed by atoms with E-state index in [1.165, 1.54) is 17.7 Å². The highest BCUT2D eigenvalue weighted by atomic mass is 19.1. The first-order chi connectivity index (χ1) is 13.6. The van der Waals surface area contributed by atoms with Crippen LogP contribution in [0.5, 0.6) is 0 Å². The SMILES string of the molecule is CN=C(NCCc1ccc(F)cc1)NCCc1coc(-c2ccc(C)cc2)n1. The molecule has 0 aliphatic carbocycles. The van der Waals surface area contributed by atoms with Gasteiger partial charge in [-0.3, -0.25) is 4.99 Å². The number of benzene rings is 2. The Bertz CT molecular complexity index is 901. The summed E-state index contributed by atoms with van der Waals surface area (Å²) in [6.45, 7) is 3.46. The third-order valence-electron chi connectivity index (χ3n) is 4.37. The Labute approximate surface area is 164 Å². The van der Waals surface area contributed by atoms with Crippen LogP contribution < -0.4 is 10.6 Å². The molecule has 146 valence electrons. The van der Waals surface area contributed by atoms with E-state index in [0.29, 0.717) is 19.0 Å². The number of nitrogens with one attached hydrogen (secondary N) is 2. The maximum atomic E-state index is 12.9. The first-order valence-corrected chi connectivity index (χ1v) is 9.34. The summed E-state index contributed by atoms with van der Waals surface area (Å²) in [6, 6.07) is 14.7. The number of aromatic nitrogens is 1. The number of guanidine groups is 1. The molecule has 2 N–H and O–H groups in total. The molecule has 3 rings (SSSR count). The van der Waals surface area contributed by atoms with E-state index in [1.54, 1.807) is 25.4 Å². The van der Waals surface area contributed by atoms with E-state index in [0.717, 1.165) is 35.6 Å². The minimum absolute atomic E-state index is 0.215. The average Bonchev–Trinajstić information content (AvgIpc) is 3.17. The molecule has 0 saturated carbocycles. The van der Waals surface area contributed by atoms with E-state index in [1.807, 2.05) is 24.3 Å². The second-order valence-electron chi connectivity index (χ2n) is 6.56. The predicted molar refractivity (Wildman–Crippen MR) is 110 cm³/mol. The van der Waals surface area contributed by atoms with Crippen LogP contribution in [-0.4, -0.2) is 31.1 Å². The van der Waals surface area contributed by atoms with Crippen molar-refractivity contribution in [3.63, 3.8) is 0 Å². The van der Waals surface area contributed by atoms with Gasteiger partial charge in [0.05, 0.1) is 5.69 Å². The summed E-state index contributed by atoms with van der Waals surface area (Å²) >= 11 is 0. The molecule has 3 aromatic rings.